The minimum atomic E-state index is -0.493. The number of ether oxygens (including phenoxy) is 1. The average Bonchev–Trinajstić information content (AvgIpc) is 2.82. The molecule has 0 aliphatic rings. The van der Waals surface area contributed by atoms with Crippen molar-refractivity contribution in [2.45, 2.75) is 111 Å². The van der Waals surface area contributed by atoms with Crippen LogP contribution in [0.25, 0.3) is 0 Å². The molecule has 0 atom stereocenters. The first-order chi connectivity index (χ1) is 16.0. The number of rotatable bonds is 20. The van der Waals surface area contributed by atoms with Gasteiger partial charge in [0.1, 0.15) is 0 Å². The van der Waals surface area contributed by atoms with Crippen LogP contribution in [0.3, 0.4) is 0 Å². The molecule has 6 heteroatoms. The summed E-state index contributed by atoms with van der Waals surface area (Å²) in [5.41, 5.74) is 0.0314. The molecule has 0 N–H and O–H groups in total. The Morgan fingerprint density at radius 1 is 0.879 bits per heavy atom. The van der Waals surface area contributed by atoms with Crippen molar-refractivity contribution in [3.8, 4) is 5.75 Å². The van der Waals surface area contributed by atoms with Crippen molar-refractivity contribution in [2.75, 3.05) is 19.7 Å². The number of unbranched alkanes of at least 4 members (excludes halogenated alkanes) is 13. The van der Waals surface area contributed by atoms with Crippen LogP contribution in [0.5, 0.6) is 5.75 Å². The van der Waals surface area contributed by atoms with Crippen molar-refractivity contribution in [3.63, 3.8) is 0 Å². The van der Waals surface area contributed by atoms with E-state index in [1.807, 2.05) is 13.8 Å². The lowest BCUT2D eigenvalue weighted by atomic mass is 10.0. The molecule has 1 rings (SSSR count). The summed E-state index contributed by atoms with van der Waals surface area (Å²) >= 11 is 0. The minimum absolute atomic E-state index is 0.172. The molecule has 6 nitrogen and oxygen atoms in total. The highest BCUT2D eigenvalue weighted by Gasteiger charge is 2.21. The molecule has 0 bridgehead atoms. The van der Waals surface area contributed by atoms with Crippen LogP contribution in [-0.4, -0.2) is 35.4 Å². The average molecular weight is 462 g/mol. The molecule has 0 heterocycles. The van der Waals surface area contributed by atoms with Gasteiger partial charge in [-0.2, -0.15) is 0 Å². The molecule has 0 fully saturated rings. The van der Waals surface area contributed by atoms with Gasteiger partial charge in [-0.05, 0) is 32.4 Å². The molecular weight excluding hydrogens is 416 g/mol. The highest BCUT2D eigenvalue weighted by molar-refractivity contribution is 5.94. The van der Waals surface area contributed by atoms with Crippen LogP contribution in [0.2, 0.25) is 0 Å². The number of amides is 1. The Morgan fingerprint density at radius 2 is 1.36 bits per heavy atom. The lowest BCUT2D eigenvalue weighted by Gasteiger charge is -2.18. The number of nitrogens with zero attached hydrogens (tertiary/aromatic N) is 2. The van der Waals surface area contributed by atoms with E-state index in [1.54, 1.807) is 4.90 Å². The van der Waals surface area contributed by atoms with E-state index >= 15 is 0 Å². The quantitative estimate of drug-likeness (QED) is 0.113. The summed E-state index contributed by atoms with van der Waals surface area (Å²) in [6.07, 6.45) is 18.0. The van der Waals surface area contributed by atoms with Gasteiger partial charge in [-0.15, -0.1) is 0 Å². The fourth-order valence-corrected chi connectivity index (χ4v) is 4.01. The number of carbonyl (C=O) groups is 1. The maximum atomic E-state index is 12.4. The molecule has 0 saturated heterocycles. The number of carbonyl (C=O) groups excluding carboxylic acids is 1. The van der Waals surface area contributed by atoms with Gasteiger partial charge in [0.2, 0.25) is 0 Å². The molecule has 33 heavy (non-hydrogen) atoms. The topological polar surface area (TPSA) is 72.7 Å². The number of hydrogen-bond acceptors (Lipinski definition) is 4. The summed E-state index contributed by atoms with van der Waals surface area (Å²) in [5.74, 6) is -0.0626. The standard InChI is InChI=1S/C27H45N2O4/c1-4-7-8-9-10-11-12-13-14-15-16-17-18-19-22-33-26-21-20-24(23-25(26)29(31)32)27(30)28(5-2)6-3/h21,23H,4-19,22H2,1-3H3. The van der Waals surface area contributed by atoms with Crippen LogP contribution in [0, 0.1) is 16.2 Å². The number of benzene rings is 1. The molecule has 0 aliphatic carbocycles. The number of nitro groups is 1. The van der Waals surface area contributed by atoms with Gasteiger partial charge in [0.05, 0.1) is 17.1 Å². The second kappa shape index (κ2) is 18.3. The van der Waals surface area contributed by atoms with Gasteiger partial charge >= 0.3 is 5.69 Å². The van der Waals surface area contributed by atoms with Crippen molar-refractivity contribution >= 4 is 11.6 Å². The Balaban J connectivity index is 2.20. The molecule has 0 unspecified atom stereocenters. The van der Waals surface area contributed by atoms with Crippen molar-refractivity contribution in [3.05, 3.63) is 33.9 Å². The largest absolute Gasteiger partial charge is 0.487 e. The van der Waals surface area contributed by atoms with E-state index in [-0.39, 0.29) is 22.9 Å². The van der Waals surface area contributed by atoms with Crippen LogP contribution >= 0.6 is 0 Å². The highest BCUT2D eigenvalue weighted by Crippen LogP contribution is 2.28. The summed E-state index contributed by atoms with van der Waals surface area (Å²) in [7, 11) is 0. The van der Waals surface area contributed by atoms with Gasteiger partial charge < -0.3 is 9.64 Å². The van der Waals surface area contributed by atoms with Crippen LogP contribution in [0.4, 0.5) is 5.69 Å². The van der Waals surface area contributed by atoms with Gasteiger partial charge in [0, 0.05) is 19.2 Å². The SMILES string of the molecule is CCCCCCCCCCCCCCCCOc1c[c]c(C(=O)N(CC)CC)cc1[N+](=O)[O-]. The van der Waals surface area contributed by atoms with Crippen LogP contribution in [-0.2, 0) is 0 Å². The zero-order valence-corrected chi connectivity index (χ0v) is 21.2. The molecule has 0 saturated carbocycles. The second-order valence-electron chi connectivity index (χ2n) is 8.78. The summed E-state index contributed by atoms with van der Waals surface area (Å²) < 4.78 is 5.66. The Morgan fingerprint density at radius 3 is 1.82 bits per heavy atom. The molecule has 0 spiro atoms. The third-order valence-corrected chi connectivity index (χ3v) is 6.13. The second-order valence-corrected chi connectivity index (χ2v) is 8.78. The first-order valence-electron chi connectivity index (χ1n) is 13.2. The molecular formula is C27H45N2O4. The Labute approximate surface area is 201 Å². The normalized spacial score (nSPS) is 10.9. The summed E-state index contributed by atoms with van der Waals surface area (Å²) in [5, 5.41) is 11.5. The zero-order valence-electron chi connectivity index (χ0n) is 21.2. The smallest absolute Gasteiger partial charge is 0.311 e. The Hall–Kier alpha value is -2.11. The lowest BCUT2D eigenvalue weighted by molar-refractivity contribution is -0.385. The van der Waals surface area contributed by atoms with Gasteiger partial charge in [-0.3, -0.25) is 14.9 Å². The van der Waals surface area contributed by atoms with Crippen molar-refractivity contribution in [1.29, 1.82) is 0 Å². The van der Waals surface area contributed by atoms with Crippen LogP contribution in [0.15, 0.2) is 12.1 Å². The molecule has 0 aromatic heterocycles. The predicted molar refractivity (Wildman–Crippen MR) is 135 cm³/mol. The van der Waals surface area contributed by atoms with Crippen molar-refractivity contribution in [2.24, 2.45) is 0 Å². The third-order valence-electron chi connectivity index (χ3n) is 6.13. The summed E-state index contributed by atoms with van der Waals surface area (Å²) in [4.78, 5) is 25.0. The van der Waals surface area contributed by atoms with E-state index in [0.717, 1.165) is 12.8 Å². The molecule has 1 radical (unpaired) electrons. The lowest BCUT2D eigenvalue weighted by Crippen LogP contribution is -2.30. The molecule has 187 valence electrons. The molecule has 0 aliphatic heterocycles. The van der Waals surface area contributed by atoms with Gasteiger partial charge in [-0.25, -0.2) is 0 Å². The maximum Gasteiger partial charge on any atom is 0.311 e. The summed E-state index contributed by atoms with van der Waals surface area (Å²) in [6, 6.07) is 5.57. The number of nitro benzene ring substituents is 1. The fraction of sp³-hybridized carbons (Fsp3) is 0.741. The first kappa shape index (κ1) is 28.9. The van der Waals surface area contributed by atoms with E-state index in [4.69, 9.17) is 4.74 Å². The Bertz CT molecular complexity index is 674. The monoisotopic (exact) mass is 461 g/mol. The van der Waals surface area contributed by atoms with Crippen LogP contribution in [0.1, 0.15) is 121 Å². The molecule has 1 aromatic carbocycles. The van der Waals surface area contributed by atoms with E-state index in [9.17, 15) is 14.9 Å². The van der Waals surface area contributed by atoms with Gasteiger partial charge in [-0.1, -0.05) is 90.4 Å². The highest BCUT2D eigenvalue weighted by atomic mass is 16.6. The van der Waals surface area contributed by atoms with Gasteiger partial charge in [0.15, 0.2) is 5.75 Å². The Kier molecular flexibility index (Phi) is 16.1. The summed E-state index contributed by atoms with van der Waals surface area (Å²) in [6.45, 7) is 7.56. The van der Waals surface area contributed by atoms with E-state index in [0.29, 0.717) is 19.7 Å². The maximum absolute atomic E-state index is 12.4. The van der Waals surface area contributed by atoms with E-state index in [2.05, 4.69) is 13.0 Å². The van der Waals surface area contributed by atoms with E-state index < -0.39 is 4.92 Å². The van der Waals surface area contributed by atoms with Crippen molar-refractivity contribution < 1.29 is 14.5 Å². The number of hydrogen-bond donors (Lipinski definition) is 0. The molecule has 1 aromatic rings. The fourth-order valence-electron chi connectivity index (χ4n) is 4.01. The van der Waals surface area contributed by atoms with Crippen LogP contribution < -0.4 is 4.74 Å². The molecule has 1 amide bonds. The predicted octanol–water partition coefficient (Wildman–Crippen LogP) is 7.74. The third kappa shape index (κ3) is 12.1. The minimum Gasteiger partial charge on any atom is -0.487 e. The van der Waals surface area contributed by atoms with Crippen molar-refractivity contribution in [1.82, 2.24) is 4.90 Å². The zero-order chi connectivity index (χ0) is 24.3. The first-order valence-corrected chi connectivity index (χ1v) is 13.2. The van der Waals surface area contributed by atoms with E-state index in [1.165, 1.54) is 89.2 Å². The van der Waals surface area contributed by atoms with Gasteiger partial charge in [0.25, 0.3) is 5.91 Å².